The predicted molar refractivity (Wildman–Crippen MR) is 109 cm³/mol. The van der Waals surface area contributed by atoms with E-state index in [0.717, 1.165) is 18.4 Å². The molecule has 0 radical (unpaired) electrons. The Morgan fingerprint density at radius 2 is 1.71 bits per heavy atom. The standard InChI is InChI=1S/C23H29FN2O2/c1-3-5-15-25-23(28)21(16-18-11-7-6-8-12-18)26(22(27)4-2)17-19-13-9-10-14-20(19)24/h6-14,21H,3-5,15-17H2,1-2H3,(H,25,28)/t21-/m1/s1. The summed E-state index contributed by atoms with van der Waals surface area (Å²) < 4.78 is 14.2. The maximum absolute atomic E-state index is 14.2. The van der Waals surface area contributed by atoms with Crippen LogP contribution >= 0.6 is 0 Å². The largest absolute Gasteiger partial charge is 0.354 e. The highest BCUT2D eigenvalue weighted by molar-refractivity contribution is 5.87. The Kier molecular flexibility index (Phi) is 8.66. The molecule has 150 valence electrons. The normalized spacial score (nSPS) is 11.7. The summed E-state index contributed by atoms with van der Waals surface area (Å²) in [5.41, 5.74) is 1.37. The molecule has 2 aromatic carbocycles. The van der Waals surface area contributed by atoms with Crippen molar-refractivity contribution in [2.24, 2.45) is 0 Å². The van der Waals surface area contributed by atoms with Crippen molar-refractivity contribution in [3.8, 4) is 0 Å². The number of benzene rings is 2. The van der Waals surface area contributed by atoms with Crippen LogP contribution in [-0.4, -0.2) is 29.3 Å². The summed E-state index contributed by atoms with van der Waals surface area (Å²) in [6.07, 6.45) is 2.48. The topological polar surface area (TPSA) is 49.4 Å². The molecule has 0 unspecified atom stereocenters. The molecule has 0 heterocycles. The summed E-state index contributed by atoms with van der Waals surface area (Å²) in [5.74, 6) is -0.744. The Hall–Kier alpha value is -2.69. The highest BCUT2D eigenvalue weighted by atomic mass is 19.1. The molecule has 1 atom stereocenters. The quantitative estimate of drug-likeness (QED) is 0.627. The van der Waals surface area contributed by atoms with Gasteiger partial charge in [0, 0.05) is 31.5 Å². The monoisotopic (exact) mass is 384 g/mol. The molecule has 28 heavy (non-hydrogen) atoms. The average molecular weight is 384 g/mol. The van der Waals surface area contributed by atoms with Gasteiger partial charge in [0.15, 0.2) is 0 Å². The summed E-state index contributed by atoms with van der Waals surface area (Å²) in [6, 6.07) is 15.3. The van der Waals surface area contributed by atoms with E-state index in [1.54, 1.807) is 25.1 Å². The van der Waals surface area contributed by atoms with Gasteiger partial charge in [0.25, 0.3) is 0 Å². The Morgan fingerprint density at radius 1 is 1.04 bits per heavy atom. The van der Waals surface area contributed by atoms with Gasteiger partial charge in [0.1, 0.15) is 11.9 Å². The van der Waals surface area contributed by atoms with Crippen molar-refractivity contribution in [2.45, 2.75) is 52.1 Å². The third-order valence-corrected chi connectivity index (χ3v) is 4.70. The number of carbonyl (C=O) groups is 2. The Bertz CT molecular complexity index is 764. The van der Waals surface area contributed by atoms with Crippen LogP contribution in [0.2, 0.25) is 0 Å². The van der Waals surface area contributed by atoms with Gasteiger partial charge in [-0.05, 0) is 18.1 Å². The Morgan fingerprint density at radius 3 is 2.36 bits per heavy atom. The minimum atomic E-state index is -0.689. The molecule has 0 saturated heterocycles. The van der Waals surface area contributed by atoms with E-state index in [-0.39, 0.29) is 30.6 Å². The van der Waals surface area contributed by atoms with Gasteiger partial charge in [0.2, 0.25) is 11.8 Å². The average Bonchev–Trinajstić information content (AvgIpc) is 2.72. The second kappa shape index (κ2) is 11.2. The fourth-order valence-electron chi connectivity index (χ4n) is 3.07. The number of hydrogen-bond donors (Lipinski definition) is 1. The van der Waals surface area contributed by atoms with Crippen LogP contribution in [0.15, 0.2) is 54.6 Å². The first kappa shape index (κ1) is 21.6. The lowest BCUT2D eigenvalue weighted by Gasteiger charge is -2.31. The fourth-order valence-corrected chi connectivity index (χ4v) is 3.07. The molecule has 2 rings (SSSR count). The number of carbonyl (C=O) groups excluding carboxylic acids is 2. The molecule has 0 aliphatic carbocycles. The Labute approximate surface area is 166 Å². The predicted octanol–water partition coefficient (Wildman–Crippen LogP) is 4.09. The summed E-state index contributed by atoms with van der Waals surface area (Å²) in [5, 5.41) is 2.94. The number of unbranched alkanes of at least 4 members (excludes halogenated alkanes) is 1. The molecule has 0 saturated carbocycles. The van der Waals surface area contributed by atoms with E-state index in [0.29, 0.717) is 18.5 Å². The number of halogens is 1. The van der Waals surface area contributed by atoms with Crippen molar-refractivity contribution in [3.63, 3.8) is 0 Å². The molecule has 2 amide bonds. The first-order valence-electron chi connectivity index (χ1n) is 9.91. The maximum atomic E-state index is 14.2. The minimum Gasteiger partial charge on any atom is -0.354 e. The van der Waals surface area contributed by atoms with E-state index in [9.17, 15) is 14.0 Å². The molecule has 0 aliphatic heterocycles. The first-order valence-corrected chi connectivity index (χ1v) is 9.91. The number of rotatable bonds is 10. The van der Waals surface area contributed by atoms with Crippen LogP contribution < -0.4 is 5.32 Å². The van der Waals surface area contributed by atoms with Crippen molar-refractivity contribution < 1.29 is 14.0 Å². The van der Waals surface area contributed by atoms with Crippen LogP contribution in [0, 0.1) is 5.82 Å². The third-order valence-electron chi connectivity index (χ3n) is 4.70. The fraction of sp³-hybridized carbons (Fsp3) is 0.391. The van der Waals surface area contributed by atoms with Crippen LogP contribution in [0.5, 0.6) is 0 Å². The molecule has 1 N–H and O–H groups in total. The lowest BCUT2D eigenvalue weighted by molar-refractivity contribution is -0.141. The molecular formula is C23H29FN2O2. The zero-order valence-electron chi connectivity index (χ0n) is 16.7. The second-order valence-electron chi connectivity index (χ2n) is 6.82. The van der Waals surface area contributed by atoms with E-state index in [1.807, 2.05) is 30.3 Å². The molecule has 0 aromatic heterocycles. The zero-order valence-corrected chi connectivity index (χ0v) is 16.7. The molecular weight excluding hydrogens is 355 g/mol. The maximum Gasteiger partial charge on any atom is 0.243 e. The van der Waals surface area contributed by atoms with Gasteiger partial charge in [-0.15, -0.1) is 0 Å². The molecule has 5 heteroatoms. The molecule has 2 aromatic rings. The summed E-state index contributed by atoms with van der Waals surface area (Å²) in [4.78, 5) is 27.2. The lowest BCUT2D eigenvalue weighted by Crippen LogP contribution is -2.50. The number of hydrogen-bond acceptors (Lipinski definition) is 2. The van der Waals surface area contributed by atoms with Gasteiger partial charge in [-0.25, -0.2) is 4.39 Å². The van der Waals surface area contributed by atoms with Gasteiger partial charge in [0.05, 0.1) is 0 Å². The van der Waals surface area contributed by atoms with Crippen LogP contribution in [0.1, 0.15) is 44.2 Å². The molecule has 0 spiro atoms. The number of nitrogens with one attached hydrogen (secondary N) is 1. The molecule has 0 fully saturated rings. The van der Waals surface area contributed by atoms with Crippen LogP contribution in [-0.2, 0) is 22.6 Å². The van der Waals surface area contributed by atoms with E-state index in [1.165, 1.54) is 11.0 Å². The number of nitrogens with zero attached hydrogens (tertiary/aromatic N) is 1. The van der Waals surface area contributed by atoms with E-state index < -0.39 is 6.04 Å². The summed E-state index contributed by atoms with van der Waals surface area (Å²) >= 11 is 0. The summed E-state index contributed by atoms with van der Waals surface area (Å²) in [6.45, 7) is 4.44. The van der Waals surface area contributed by atoms with Crippen molar-refractivity contribution >= 4 is 11.8 Å². The molecule has 0 aliphatic rings. The first-order chi connectivity index (χ1) is 13.6. The van der Waals surface area contributed by atoms with Gasteiger partial charge in [-0.2, -0.15) is 0 Å². The van der Waals surface area contributed by atoms with Crippen LogP contribution in [0.4, 0.5) is 4.39 Å². The zero-order chi connectivity index (χ0) is 20.4. The molecule has 4 nitrogen and oxygen atoms in total. The van der Waals surface area contributed by atoms with Gasteiger partial charge in [-0.1, -0.05) is 68.8 Å². The van der Waals surface area contributed by atoms with E-state index in [4.69, 9.17) is 0 Å². The second-order valence-corrected chi connectivity index (χ2v) is 6.82. The number of amides is 2. The van der Waals surface area contributed by atoms with Crippen molar-refractivity contribution in [1.82, 2.24) is 10.2 Å². The van der Waals surface area contributed by atoms with Crippen molar-refractivity contribution in [1.29, 1.82) is 0 Å². The van der Waals surface area contributed by atoms with Gasteiger partial charge < -0.3 is 10.2 Å². The van der Waals surface area contributed by atoms with Crippen molar-refractivity contribution in [3.05, 3.63) is 71.5 Å². The van der Waals surface area contributed by atoms with E-state index in [2.05, 4.69) is 12.2 Å². The highest BCUT2D eigenvalue weighted by Crippen LogP contribution is 2.17. The van der Waals surface area contributed by atoms with Gasteiger partial charge in [-0.3, -0.25) is 9.59 Å². The lowest BCUT2D eigenvalue weighted by atomic mass is 10.0. The SMILES string of the molecule is CCCCNC(=O)[C@@H](Cc1ccccc1)N(Cc1ccccc1F)C(=O)CC. The van der Waals surface area contributed by atoms with E-state index >= 15 is 0 Å². The highest BCUT2D eigenvalue weighted by Gasteiger charge is 2.29. The van der Waals surface area contributed by atoms with Crippen molar-refractivity contribution in [2.75, 3.05) is 6.54 Å². The minimum absolute atomic E-state index is 0.0675. The van der Waals surface area contributed by atoms with Crippen LogP contribution in [0.25, 0.3) is 0 Å². The molecule has 0 bridgehead atoms. The van der Waals surface area contributed by atoms with Crippen LogP contribution in [0.3, 0.4) is 0 Å². The Balaban J connectivity index is 2.31. The summed E-state index contributed by atoms with van der Waals surface area (Å²) in [7, 11) is 0. The third kappa shape index (κ3) is 6.19. The smallest absolute Gasteiger partial charge is 0.243 e. The van der Waals surface area contributed by atoms with Gasteiger partial charge >= 0.3 is 0 Å².